The molecule has 0 radical (unpaired) electrons. The van der Waals surface area contributed by atoms with Gasteiger partial charge in [-0.25, -0.2) is 0 Å². The summed E-state index contributed by atoms with van der Waals surface area (Å²) >= 11 is 0. The van der Waals surface area contributed by atoms with Crippen LogP contribution in [0.4, 0.5) is 0 Å². The van der Waals surface area contributed by atoms with Crippen molar-refractivity contribution in [2.75, 3.05) is 13.2 Å². The molecule has 0 saturated carbocycles. The van der Waals surface area contributed by atoms with E-state index in [1.165, 1.54) is 0 Å². The summed E-state index contributed by atoms with van der Waals surface area (Å²) in [5.41, 5.74) is 1.39. The molecule has 3 rings (SSSR count). The lowest BCUT2D eigenvalue weighted by molar-refractivity contribution is 0.0954. The molecular weight excluding hydrogens is 304 g/mol. The molecule has 2 aromatic heterocycles. The standard InChI is InChI=1S/C18H18N4O2/c1-2-13-24-15-8-6-14(7-9-15)18(23)19-11-10-17-21-20-16-5-3-4-12-22(16)17/h2-9,12H,1,10-11,13H2,(H,19,23). The summed E-state index contributed by atoms with van der Waals surface area (Å²) in [6.45, 7) is 4.53. The zero-order chi connectivity index (χ0) is 16.8. The first-order valence-electron chi connectivity index (χ1n) is 7.68. The van der Waals surface area contributed by atoms with Gasteiger partial charge in [0.1, 0.15) is 18.2 Å². The van der Waals surface area contributed by atoms with Gasteiger partial charge in [0, 0.05) is 24.7 Å². The van der Waals surface area contributed by atoms with Gasteiger partial charge < -0.3 is 10.1 Å². The van der Waals surface area contributed by atoms with Crippen LogP contribution in [0.2, 0.25) is 0 Å². The van der Waals surface area contributed by atoms with E-state index in [0.29, 0.717) is 30.9 Å². The zero-order valence-corrected chi connectivity index (χ0v) is 13.2. The fourth-order valence-electron chi connectivity index (χ4n) is 2.31. The molecule has 0 bridgehead atoms. The Kier molecular flexibility index (Phi) is 4.86. The van der Waals surface area contributed by atoms with E-state index in [0.717, 1.165) is 11.5 Å². The summed E-state index contributed by atoms with van der Waals surface area (Å²) in [5.74, 6) is 1.40. The Morgan fingerprint density at radius 3 is 2.83 bits per heavy atom. The number of benzene rings is 1. The maximum absolute atomic E-state index is 12.2. The molecular formula is C18H18N4O2. The van der Waals surface area contributed by atoms with Crippen LogP contribution >= 0.6 is 0 Å². The van der Waals surface area contributed by atoms with E-state index >= 15 is 0 Å². The van der Waals surface area contributed by atoms with Gasteiger partial charge in [-0.2, -0.15) is 0 Å². The molecule has 0 saturated heterocycles. The van der Waals surface area contributed by atoms with Crippen LogP contribution in [0.5, 0.6) is 5.75 Å². The smallest absolute Gasteiger partial charge is 0.251 e. The summed E-state index contributed by atoms with van der Waals surface area (Å²) in [6, 6.07) is 12.7. The Morgan fingerprint density at radius 1 is 1.21 bits per heavy atom. The third-order valence-corrected chi connectivity index (χ3v) is 3.50. The van der Waals surface area contributed by atoms with E-state index in [9.17, 15) is 4.79 Å². The van der Waals surface area contributed by atoms with Gasteiger partial charge in [-0.15, -0.1) is 10.2 Å². The second-order valence-corrected chi connectivity index (χ2v) is 5.18. The maximum Gasteiger partial charge on any atom is 0.251 e. The molecule has 1 aromatic carbocycles. The number of carbonyl (C=O) groups is 1. The molecule has 122 valence electrons. The molecule has 6 nitrogen and oxygen atoms in total. The van der Waals surface area contributed by atoms with Crippen molar-refractivity contribution in [3.05, 3.63) is 72.7 Å². The molecule has 2 heterocycles. The second kappa shape index (κ2) is 7.41. The number of ether oxygens (including phenoxy) is 1. The SMILES string of the molecule is C=CCOc1ccc(C(=O)NCCc2nnc3ccccn23)cc1. The number of hydrogen-bond donors (Lipinski definition) is 1. The lowest BCUT2D eigenvalue weighted by Crippen LogP contribution is -2.26. The molecule has 0 aliphatic heterocycles. The van der Waals surface area contributed by atoms with Crippen molar-refractivity contribution in [2.24, 2.45) is 0 Å². The lowest BCUT2D eigenvalue weighted by atomic mass is 10.2. The first kappa shape index (κ1) is 15.7. The largest absolute Gasteiger partial charge is 0.490 e. The van der Waals surface area contributed by atoms with Gasteiger partial charge in [0.05, 0.1) is 0 Å². The molecule has 0 atom stereocenters. The van der Waals surface area contributed by atoms with Gasteiger partial charge in [-0.1, -0.05) is 18.7 Å². The Balaban J connectivity index is 1.54. The van der Waals surface area contributed by atoms with Gasteiger partial charge in [-0.3, -0.25) is 9.20 Å². The van der Waals surface area contributed by atoms with Crippen LogP contribution < -0.4 is 10.1 Å². The van der Waals surface area contributed by atoms with Gasteiger partial charge in [0.15, 0.2) is 5.65 Å². The average molecular weight is 322 g/mol. The van der Waals surface area contributed by atoms with Crippen molar-refractivity contribution >= 4 is 11.6 Å². The van der Waals surface area contributed by atoms with E-state index in [2.05, 4.69) is 22.1 Å². The molecule has 3 aromatic rings. The number of pyridine rings is 1. The highest BCUT2D eigenvalue weighted by Gasteiger charge is 2.07. The van der Waals surface area contributed by atoms with Crippen molar-refractivity contribution < 1.29 is 9.53 Å². The lowest BCUT2D eigenvalue weighted by Gasteiger charge is -2.06. The molecule has 0 aliphatic rings. The van der Waals surface area contributed by atoms with Crippen molar-refractivity contribution in [3.8, 4) is 5.75 Å². The Morgan fingerprint density at radius 2 is 2.04 bits per heavy atom. The number of rotatable bonds is 7. The summed E-state index contributed by atoms with van der Waals surface area (Å²) in [4.78, 5) is 12.2. The van der Waals surface area contributed by atoms with Crippen LogP contribution in [0.15, 0.2) is 61.3 Å². The number of nitrogens with zero attached hydrogens (tertiary/aromatic N) is 3. The van der Waals surface area contributed by atoms with Crippen molar-refractivity contribution in [1.82, 2.24) is 19.9 Å². The predicted molar refractivity (Wildman–Crippen MR) is 91.2 cm³/mol. The van der Waals surface area contributed by atoms with E-state index < -0.39 is 0 Å². The number of nitrogens with one attached hydrogen (secondary N) is 1. The summed E-state index contributed by atoms with van der Waals surface area (Å²) in [7, 11) is 0. The number of fused-ring (bicyclic) bond motifs is 1. The molecule has 1 N–H and O–H groups in total. The van der Waals surface area contributed by atoms with Crippen LogP contribution in [0.3, 0.4) is 0 Å². The Labute approximate surface area is 139 Å². The van der Waals surface area contributed by atoms with E-state index in [1.807, 2.05) is 28.8 Å². The topological polar surface area (TPSA) is 68.5 Å². The van der Waals surface area contributed by atoms with Crippen molar-refractivity contribution in [1.29, 1.82) is 0 Å². The highest BCUT2D eigenvalue weighted by atomic mass is 16.5. The van der Waals surface area contributed by atoms with Crippen LogP contribution in [0.25, 0.3) is 5.65 Å². The minimum atomic E-state index is -0.126. The highest BCUT2D eigenvalue weighted by Crippen LogP contribution is 2.12. The fourth-order valence-corrected chi connectivity index (χ4v) is 2.31. The average Bonchev–Trinajstić information content (AvgIpc) is 3.03. The van der Waals surface area contributed by atoms with Crippen LogP contribution in [-0.4, -0.2) is 33.7 Å². The minimum Gasteiger partial charge on any atom is -0.490 e. The summed E-state index contributed by atoms with van der Waals surface area (Å²) < 4.78 is 7.31. The summed E-state index contributed by atoms with van der Waals surface area (Å²) in [6.07, 6.45) is 4.20. The first-order chi connectivity index (χ1) is 11.8. The van der Waals surface area contributed by atoms with Gasteiger partial charge in [-0.05, 0) is 36.4 Å². The summed E-state index contributed by atoms with van der Waals surface area (Å²) in [5, 5.41) is 11.1. The van der Waals surface area contributed by atoms with E-state index in [-0.39, 0.29) is 5.91 Å². The van der Waals surface area contributed by atoms with Crippen molar-refractivity contribution in [3.63, 3.8) is 0 Å². The maximum atomic E-state index is 12.2. The third-order valence-electron chi connectivity index (χ3n) is 3.50. The fraction of sp³-hybridized carbons (Fsp3) is 0.167. The van der Waals surface area contributed by atoms with E-state index in [4.69, 9.17) is 4.74 Å². The van der Waals surface area contributed by atoms with E-state index in [1.54, 1.807) is 30.3 Å². The Bertz CT molecular complexity index is 840. The van der Waals surface area contributed by atoms with Crippen LogP contribution in [-0.2, 0) is 6.42 Å². The molecule has 1 amide bonds. The normalized spacial score (nSPS) is 10.5. The molecule has 6 heteroatoms. The molecule has 0 unspecified atom stereocenters. The number of carbonyl (C=O) groups excluding carboxylic acids is 1. The van der Waals surface area contributed by atoms with Gasteiger partial charge in [0.2, 0.25) is 0 Å². The number of amides is 1. The molecule has 0 spiro atoms. The van der Waals surface area contributed by atoms with Gasteiger partial charge in [0.25, 0.3) is 5.91 Å². The third kappa shape index (κ3) is 3.60. The molecule has 0 fully saturated rings. The second-order valence-electron chi connectivity index (χ2n) is 5.18. The van der Waals surface area contributed by atoms with Crippen LogP contribution in [0, 0.1) is 0 Å². The molecule has 24 heavy (non-hydrogen) atoms. The van der Waals surface area contributed by atoms with Crippen molar-refractivity contribution in [2.45, 2.75) is 6.42 Å². The molecule has 0 aliphatic carbocycles. The number of hydrogen-bond acceptors (Lipinski definition) is 4. The number of aromatic nitrogens is 3. The first-order valence-corrected chi connectivity index (χ1v) is 7.68. The minimum absolute atomic E-state index is 0.126. The Hall–Kier alpha value is -3.15. The monoisotopic (exact) mass is 322 g/mol. The predicted octanol–water partition coefficient (Wildman–Crippen LogP) is 2.27. The highest BCUT2D eigenvalue weighted by molar-refractivity contribution is 5.94. The van der Waals surface area contributed by atoms with Crippen LogP contribution in [0.1, 0.15) is 16.2 Å². The zero-order valence-electron chi connectivity index (χ0n) is 13.2. The quantitative estimate of drug-likeness (QED) is 0.678. The van der Waals surface area contributed by atoms with Gasteiger partial charge >= 0.3 is 0 Å².